The van der Waals surface area contributed by atoms with Gasteiger partial charge < -0.3 is 9.47 Å². The van der Waals surface area contributed by atoms with Gasteiger partial charge in [-0.2, -0.15) is 0 Å². The summed E-state index contributed by atoms with van der Waals surface area (Å²) in [7, 11) is 1.70. The summed E-state index contributed by atoms with van der Waals surface area (Å²) in [5.41, 5.74) is 4.08. The second kappa shape index (κ2) is 8.14. The lowest BCUT2D eigenvalue weighted by atomic mass is 10.0. The van der Waals surface area contributed by atoms with Crippen LogP contribution in [-0.2, 0) is 17.6 Å². The molecule has 0 unspecified atom stereocenters. The summed E-state index contributed by atoms with van der Waals surface area (Å²) in [5, 5.41) is 0. The van der Waals surface area contributed by atoms with E-state index in [0.717, 1.165) is 51.4 Å². The van der Waals surface area contributed by atoms with Crippen molar-refractivity contribution in [3.05, 3.63) is 65.2 Å². The standard InChI is InChI=1S/C20H25NO2/c1-22-20-8-6-19(7-9-20)16-18-4-2-17(3-5-18)10-11-21-12-14-23-15-13-21/h2-9H,10-16H2,1H3. The summed E-state index contributed by atoms with van der Waals surface area (Å²) in [5.74, 6) is 0.909. The number of benzene rings is 2. The molecule has 2 aromatic carbocycles. The summed E-state index contributed by atoms with van der Waals surface area (Å²) in [6.45, 7) is 5.01. The van der Waals surface area contributed by atoms with Gasteiger partial charge >= 0.3 is 0 Å². The maximum Gasteiger partial charge on any atom is 0.118 e. The fraction of sp³-hybridized carbons (Fsp3) is 0.400. The maximum absolute atomic E-state index is 5.39. The van der Waals surface area contributed by atoms with Crippen LogP contribution in [0.15, 0.2) is 48.5 Å². The van der Waals surface area contributed by atoms with Crippen LogP contribution in [0.2, 0.25) is 0 Å². The molecular formula is C20H25NO2. The van der Waals surface area contributed by atoms with Crippen LogP contribution in [0.4, 0.5) is 0 Å². The van der Waals surface area contributed by atoms with Crippen molar-refractivity contribution in [3.8, 4) is 5.75 Å². The van der Waals surface area contributed by atoms with Gasteiger partial charge in [0.05, 0.1) is 20.3 Å². The topological polar surface area (TPSA) is 21.7 Å². The van der Waals surface area contributed by atoms with Crippen LogP contribution < -0.4 is 4.74 Å². The molecular weight excluding hydrogens is 286 g/mol. The normalized spacial score (nSPS) is 15.5. The molecule has 122 valence electrons. The van der Waals surface area contributed by atoms with E-state index < -0.39 is 0 Å². The number of nitrogens with zero attached hydrogens (tertiary/aromatic N) is 1. The Hall–Kier alpha value is -1.84. The largest absolute Gasteiger partial charge is 0.497 e. The van der Waals surface area contributed by atoms with Crippen molar-refractivity contribution in [2.75, 3.05) is 40.0 Å². The molecule has 0 spiro atoms. The molecule has 2 aromatic rings. The van der Waals surface area contributed by atoms with Crippen molar-refractivity contribution in [3.63, 3.8) is 0 Å². The molecule has 0 amide bonds. The Labute approximate surface area is 138 Å². The summed E-state index contributed by atoms with van der Waals surface area (Å²) in [4.78, 5) is 2.48. The highest BCUT2D eigenvalue weighted by Gasteiger charge is 2.09. The Bertz CT molecular complexity index is 586. The number of hydrogen-bond acceptors (Lipinski definition) is 3. The molecule has 0 aliphatic carbocycles. The first kappa shape index (κ1) is 16.0. The Morgan fingerprint density at radius 2 is 1.43 bits per heavy atom. The van der Waals surface area contributed by atoms with Crippen molar-refractivity contribution in [1.29, 1.82) is 0 Å². The van der Waals surface area contributed by atoms with E-state index in [-0.39, 0.29) is 0 Å². The quantitative estimate of drug-likeness (QED) is 0.818. The van der Waals surface area contributed by atoms with Crippen LogP contribution in [0.5, 0.6) is 5.75 Å². The molecule has 0 radical (unpaired) electrons. The number of rotatable bonds is 6. The Morgan fingerprint density at radius 1 is 0.870 bits per heavy atom. The minimum atomic E-state index is 0.876. The van der Waals surface area contributed by atoms with Crippen molar-refractivity contribution < 1.29 is 9.47 Å². The van der Waals surface area contributed by atoms with Crippen LogP contribution in [-0.4, -0.2) is 44.9 Å². The SMILES string of the molecule is COc1ccc(Cc2ccc(CCN3CCOCC3)cc2)cc1. The number of methoxy groups -OCH3 is 1. The van der Waals surface area contributed by atoms with Crippen LogP contribution in [0, 0.1) is 0 Å². The average molecular weight is 311 g/mol. The number of ether oxygens (including phenoxy) is 2. The first-order chi connectivity index (χ1) is 11.3. The van der Waals surface area contributed by atoms with Crippen LogP contribution >= 0.6 is 0 Å². The molecule has 0 saturated carbocycles. The highest BCUT2D eigenvalue weighted by molar-refractivity contribution is 5.32. The lowest BCUT2D eigenvalue weighted by Crippen LogP contribution is -2.37. The summed E-state index contributed by atoms with van der Waals surface area (Å²) >= 11 is 0. The van der Waals surface area contributed by atoms with E-state index in [4.69, 9.17) is 9.47 Å². The van der Waals surface area contributed by atoms with Gasteiger partial charge in [0.25, 0.3) is 0 Å². The molecule has 1 aliphatic rings. The third-order valence-electron chi connectivity index (χ3n) is 4.41. The number of morpholine rings is 1. The van der Waals surface area contributed by atoms with E-state index in [9.17, 15) is 0 Å². The zero-order chi connectivity index (χ0) is 15.9. The summed E-state index contributed by atoms with van der Waals surface area (Å²) < 4.78 is 10.6. The van der Waals surface area contributed by atoms with Gasteiger partial charge in [0.15, 0.2) is 0 Å². The van der Waals surface area contributed by atoms with Crippen LogP contribution in [0.25, 0.3) is 0 Å². The van der Waals surface area contributed by atoms with Crippen molar-refractivity contribution >= 4 is 0 Å². The zero-order valence-electron chi connectivity index (χ0n) is 13.8. The molecule has 3 rings (SSSR count). The Kier molecular flexibility index (Phi) is 5.67. The maximum atomic E-state index is 5.39. The van der Waals surface area contributed by atoms with E-state index in [1.807, 2.05) is 12.1 Å². The van der Waals surface area contributed by atoms with Gasteiger partial charge in [-0.1, -0.05) is 36.4 Å². The van der Waals surface area contributed by atoms with E-state index in [1.54, 1.807) is 7.11 Å². The second-order valence-corrected chi connectivity index (χ2v) is 6.05. The summed E-state index contributed by atoms with van der Waals surface area (Å²) in [6.07, 6.45) is 2.08. The lowest BCUT2D eigenvalue weighted by molar-refractivity contribution is 0.0384. The number of hydrogen-bond donors (Lipinski definition) is 0. The van der Waals surface area contributed by atoms with Crippen molar-refractivity contribution in [2.24, 2.45) is 0 Å². The Morgan fingerprint density at radius 3 is 2.04 bits per heavy atom. The van der Waals surface area contributed by atoms with Crippen LogP contribution in [0.1, 0.15) is 16.7 Å². The molecule has 0 bridgehead atoms. The van der Waals surface area contributed by atoms with E-state index in [2.05, 4.69) is 41.3 Å². The predicted octanol–water partition coefficient (Wildman–Crippen LogP) is 3.16. The smallest absolute Gasteiger partial charge is 0.118 e. The molecule has 0 aromatic heterocycles. The van der Waals surface area contributed by atoms with Crippen molar-refractivity contribution in [2.45, 2.75) is 12.8 Å². The van der Waals surface area contributed by atoms with E-state index >= 15 is 0 Å². The fourth-order valence-electron chi connectivity index (χ4n) is 2.91. The third kappa shape index (κ3) is 4.81. The predicted molar refractivity (Wildman–Crippen MR) is 93.2 cm³/mol. The highest BCUT2D eigenvalue weighted by atomic mass is 16.5. The second-order valence-electron chi connectivity index (χ2n) is 6.05. The molecule has 3 nitrogen and oxygen atoms in total. The third-order valence-corrected chi connectivity index (χ3v) is 4.41. The monoisotopic (exact) mass is 311 g/mol. The minimum absolute atomic E-state index is 0.876. The van der Waals surface area contributed by atoms with E-state index in [1.165, 1.54) is 16.7 Å². The molecule has 0 atom stereocenters. The van der Waals surface area contributed by atoms with Gasteiger partial charge in [-0.15, -0.1) is 0 Å². The molecule has 3 heteroatoms. The highest BCUT2D eigenvalue weighted by Crippen LogP contribution is 2.15. The van der Waals surface area contributed by atoms with Gasteiger partial charge in [-0.25, -0.2) is 0 Å². The van der Waals surface area contributed by atoms with Gasteiger partial charge in [-0.05, 0) is 41.7 Å². The molecule has 0 N–H and O–H groups in total. The molecule has 1 saturated heterocycles. The molecule has 1 heterocycles. The molecule has 1 aliphatic heterocycles. The van der Waals surface area contributed by atoms with Crippen LogP contribution in [0.3, 0.4) is 0 Å². The van der Waals surface area contributed by atoms with Gasteiger partial charge in [-0.3, -0.25) is 4.90 Å². The van der Waals surface area contributed by atoms with Gasteiger partial charge in [0.1, 0.15) is 5.75 Å². The molecule has 23 heavy (non-hydrogen) atoms. The zero-order valence-corrected chi connectivity index (χ0v) is 13.8. The minimum Gasteiger partial charge on any atom is -0.497 e. The summed E-state index contributed by atoms with van der Waals surface area (Å²) in [6, 6.07) is 17.3. The first-order valence-electron chi connectivity index (χ1n) is 8.34. The van der Waals surface area contributed by atoms with Gasteiger partial charge in [0, 0.05) is 19.6 Å². The van der Waals surface area contributed by atoms with Crippen molar-refractivity contribution in [1.82, 2.24) is 4.90 Å². The lowest BCUT2D eigenvalue weighted by Gasteiger charge is -2.26. The fourth-order valence-corrected chi connectivity index (χ4v) is 2.91. The first-order valence-corrected chi connectivity index (χ1v) is 8.34. The van der Waals surface area contributed by atoms with Gasteiger partial charge in [0.2, 0.25) is 0 Å². The van der Waals surface area contributed by atoms with E-state index in [0.29, 0.717) is 0 Å². The Balaban J connectivity index is 1.51. The average Bonchev–Trinajstić information content (AvgIpc) is 2.63. The molecule has 1 fully saturated rings.